The Bertz CT molecular complexity index is 1640. The summed E-state index contributed by atoms with van der Waals surface area (Å²) in [5.74, 6) is 1.96. The van der Waals surface area contributed by atoms with Crippen molar-refractivity contribution in [3.05, 3.63) is 54.2 Å². The zero-order valence-corrected chi connectivity index (χ0v) is 22.8. The highest BCUT2D eigenvalue weighted by Crippen LogP contribution is 2.34. The Balaban J connectivity index is 1.19. The van der Waals surface area contributed by atoms with E-state index in [-0.39, 0.29) is 5.82 Å². The number of likely N-dealkylation sites (N-methyl/N-ethyl adjacent to an activating group) is 1. The summed E-state index contributed by atoms with van der Waals surface area (Å²) >= 11 is 0. The molecule has 3 N–H and O–H groups in total. The zero-order valence-electron chi connectivity index (χ0n) is 22.8. The van der Waals surface area contributed by atoms with Gasteiger partial charge in [0.25, 0.3) is 0 Å². The van der Waals surface area contributed by atoms with Crippen LogP contribution in [0.2, 0.25) is 0 Å². The molecule has 40 heavy (non-hydrogen) atoms. The van der Waals surface area contributed by atoms with Crippen molar-refractivity contribution >= 4 is 27.8 Å². The van der Waals surface area contributed by atoms with Crippen LogP contribution in [-0.2, 0) is 6.54 Å². The Kier molecular flexibility index (Phi) is 6.65. The first-order valence-corrected chi connectivity index (χ1v) is 14.2. The Hall–Kier alpha value is -3.89. The van der Waals surface area contributed by atoms with Crippen molar-refractivity contribution in [1.82, 2.24) is 40.3 Å². The van der Waals surface area contributed by atoms with E-state index in [0.29, 0.717) is 22.6 Å². The lowest BCUT2D eigenvalue weighted by molar-refractivity contribution is 0.312. The van der Waals surface area contributed by atoms with Gasteiger partial charge in [0, 0.05) is 73.9 Å². The molecule has 0 radical (unpaired) electrons. The summed E-state index contributed by atoms with van der Waals surface area (Å²) in [7, 11) is 2.14. The molecule has 2 fully saturated rings. The number of fused-ring (bicyclic) bond motifs is 2. The van der Waals surface area contributed by atoms with E-state index in [4.69, 9.17) is 4.98 Å². The third-order valence-electron chi connectivity index (χ3n) is 8.40. The van der Waals surface area contributed by atoms with Gasteiger partial charge in [0.05, 0.1) is 11.0 Å². The minimum Gasteiger partial charge on any atom is -0.352 e. The lowest BCUT2D eigenvalue weighted by atomic mass is 10.0. The van der Waals surface area contributed by atoms with Gasteiger partial charge in [0.15, 0.2) is 11.6 Å². The maximum absolute atomic E-state index is 15.3. The van der Waals surface area contributed by atoms with Crippen LogP contribution in [0.4, 0.5) is 10.2 Å². The summed E-state index contributed by atoms with van der Waals surface area (Å²) < 4.78 is 15.3. The van der Waals surface area contributed by atoms with Crippen LogP contribution in [0.1, 0.15) is 31.2 Å². The second-order valence-corrected chi connectivity index (χ2v) is 11.2. The maximum Gasteiger partial charge on any atom is 0.159 e. The summed E-state index contributed by atoms with van der Waals surface area (Å²) in [6, 6.07) is 7.31. The van der Waals surface area contributed by atoms with Crippen LogP contribution in [-0.4, -0.2) is 74.8 Å². The molecule has 206 valence electrons. The quantitative estimate of drug-likeness (QED) is 0.275. The van der Waals surface area contributed by atoms with Crippen LogP contribution in [0.25, 0.3) is 44.6 Å². The van der Waals surface area contributed by atoms with Gasteiger partial charge in [-0.1, -0.05) is 12.8 Å². The topological polar surface area (TPSA) is 102 Å². The van der Waals surface area contributed by atoms with Gasteiger partial charge in [-0.15, -0.1) is 0 Å². The zero-order chi connectivity index (χ0) is 27.1. The molecule has 1 saturated heterocycles. The number of nitrogens with one attached hydrogen (secondary N) is 3. The van der Waals surface area contributed by atoms with Crippen molar-refractivity contribution in [2.75, 3.05) is 44.7 Å². The molecule has 0 bridgehead atoms. The molecule has 5 aromatic rings. The van der Waals surface area contributed by atoms with Gasteiger partial charge in [-0.3, -0.25) is 10.1 Å². The number of hydrogen-bond acceptors (Lipinski definition) is 7. The van der Waals surface area contributed by atoms with Crippen molar-refractivity contribution in [3.8, 4) is 22.6 Å². The fourth-order valence-electron chi connectivity index (χ4n) is 6.09. The minimum atomic E-state index is -0.313. The number of anilines is 1. The highest BCUT2D eigenvalue weighted by Gasteiger charge is 2.22. The molecular weight excluding hydrogens is 505 g/mol. The van der Waals surface area contributed by atoms with Crippen molar-refractivity contribution < 1.29 is 4.39 Å². The van der Waals surface area contributed by atoms with Gasteiger partial charge >= 0.3 is 0 Å². The third kappa shape index (κ3) is 4.82. The number of imidazole rings is 1. The number of benzene rings is 1. The van der Waals surface area contributed by atoms with Crippen molar-refractivity contribution in [2.24, 2.45) is 5.92 Å². The first kappa shape index (κ1) is 25.1. The van der Waals surface area contributed by atoms with E-state index in [9.17, 15) is 0 Å². The number of piperazine rings is 1. The van der Waals surface area contributed by atoms with Crippen molar-refractivity contribution in [2.45, 2.75) is 32.2 Å². The molecule has 1 aromatic carbocycles. The van der Waals surface area contributed by atoms with Crippen LogP contribution in [0.15, 0.2) is 42.9 Å². The molecule has 0 unspecified atom stereocenters. The molecule has 0 spiro atoms. The van der Waals surface area contributed by atoms with Gasteiger partial charge in [-0.05, 0) is 56.1 Å². The average molecular weight is 540 g/mol. The molecule has 0 atom stereocenters. The molecule has 9 nitrogen and oxygen atoms in total. The van der Waals surface area contributed by atoms with Crippen LogP contribution in [0, 0.1) is 11.7 Å². The largest absolute Gasteiger partial charge is 0.352 e. The van der Waals surface area contributed by atoms with Crippen molar-refractivity contribution in [3.63, 3.8) is 0 Å². The molecule has 7 rings (SSSR count). The van der Waals surface area contributed by atoms with Gasteiger partial charge < -0.3 is 20.1 Å². The smallest absolute Gasteiger partial charge is 0.159 e. The first-order chi connectivity index (χ1) is 19.6. The van der Waals surface area contributed by atoms with Crippen LogP contribution < -0.4 is 10.2 Å². The van der Waals surface area contributed by atoms with Gasteiger partial charge in [-0.25, -0.2) is 14.4 Å². The van der Waals surface area contributed by atoms with Crippen molar-refractivity contribution in [1.29, 1.82) is 0 Å². The number of hydrogen-bond donors (Lipinski definition) is 3. The van der Waals surface area contributed by atoms with E-state index < -0.39 is 0 Å². The molecule has 1 aliphatic heterocycles. The Morgan fingerprint density at radius 1 is 1.05 bits per heavy atom. The number of rotatable bonds is 7. The highest BCUT2D eigenvalue weighted by molar-refractivity contribution is 5.97. The first-order valence-electron chi connectivity index (χ1n) is 14.2. The molecule has 10 heteroatoms. The Morgan fingerprint density at radius 3 is 2.75 bits per heavy atom. The minimum absolute atomic E-state index is 0.313. The number of pyridine rings is 2. The third-order valence-corrected chi connectivity index (χ3v) is 8.40. The predicted molar refractivity (Wildman–Crippen MR) is 156 cm³/mol. The molecule has 5 heterocycles. The summed E-state index contributed by atoms with van der Waals surface area (Å²) in [4.78, 5) is 22.0. The van der Waals surface area contributed by atoms with E-state index in [1.807, 2.05) is 30.6 Å². The van der Waals surface area contributed by atoms with Gasteiger partial charge in [-0.2, -0.15) is 5.10 Å². The Morgan fingerprint density at radius 2 is 1.90 bits per heavy atom. The standard InChI is InChI=1S/C30H34FN9/c1-39-8-10-40(11-9-39)30-28-25(6-7-34-30)35-29(36-28)27-23-13-22(24(31)14-26(23)37-38-27)21-12-20(17-33-18-21)16-32-15-19-4-2-3-5-19/h6-7,12-14,17-19,32H,2-5,8-11,15-16H2,1H3,(H,35,36)(H,37,38). The van der Waals surface area contributed by atoms with Gasteiger partial charge in [0.2, 0.25) is 0 Å². The van der Waals surface area contributed by atoms with E-state index in [1.54, 1.807) is 6.20 Å². The van der Waals surface area contributed by atoms with Crippen LogP contribution >= 0.6 is 0 Å². The molecule has 1 aliphatic carbocycles. The molecule has 1 saturated carbocycles. The molecular formula is C30H34FN9. The maximum atomic E-state index is 15.3. The fourth-order valence-corrected chi connectivity index (χ4v) is 6.09. The Labute approximate surface area is 232 Å². The lowest BCUT2D eigenvalue weighted by Crippen LogP contribution is -2.44. The molecule has 0 amide bonds. The second-order valence-electron chi connectivity index (χ2n) is 11.2. The summed E-state index contributed by atoms with van der Waals surface area (Å²) in [6.45, 7) is 5.53. The van der Waals surface area contributed by atoms with Crippen LogP contribution in [0.5, 0.6) is 0 Å². The number of nitrogens with zero attached hydrogens (tertiary/aromatic N) is 6. The van der Waals surface area contributed by atoms with E-state index in [1.165, 1.54) is 31.7 Å². The number of H-pyrrole nitrogens is 2. The lowest BCUT2D eigenvalue weighted by Gasteiger charge is -2.33. The monoisotopic (exact) mass is 539 g/mol. The SMILES string of the molecule is CN1CCN(c2nccc3[nH]c(-c4n[nH]c5cc(F)c(-c6cncc(CNCC7CCCC7)c6)cc45)nc23)CC1. The van der Waals surface area contributed by atoms with E-state index >= 15 is 4.39 Å². The number of aromatic nitrogens is 6. The number of halogens is 1. The fraction of sp³-hybridized carbons (Fsp3) is 0.400. The van der Waals surface area contributed by atoms with Crippen LogP contribution in [0.3, 0.4) is 0 Å². The van der Waals surface area contributed by atoms with E-state index in [0.717, 1.165) is 78.6 Å². The number of aromatic amines is 2. The second kappa shape index (κ2) is 10.6. The highest BCUT2D eigenvalue weighted by atomic mass is 19.1. The summed E-state index contributed by atoms with van der Waals surface area (Å²) in [5, 5.41) is 11.9. The molecule has 4 aromatic heterocycles. The van der Waals surface area contributed by atoms with E-state index in [2.05, 4.69) is 47.3 Å². The molecule has 2 aliphatic rings. The average Bonchev–Trinajstić information content (AvgIpc) is 3.73. The summed E-state index contributed by atoms with van der Waals surface area (Å²) in [5.41, 5.74) is 5.29. The van der Waals surface area contributed by atoms with Gasteiger partial charge in [0.1, 0.15) is 17.0 Å². The normalized spacial score (nSPS) is 17.0. The predicted octanol–water partition coefficient (Wildman–Crippen LogP) is 4.73. The summed E-state index contributed by atoms with van der Waals surface area (Å²) in [6.07, 6.45) is 10.7.